The van der Waals surface area contributed by atoms with Crippen molar-refractivity contribution >= 4 is 34.4 Å². The lowest BCUT2D eigenvalue weighted by Gasteiger charge is -2.14. The number of rotatable bonds is 5. The summed E-state index contributed by atoms with van der Waals surface area (Å²) in [5.74, 6) is 0.585. The van der Waals surface area contributed by atoms with Crippen molar-refractivity contribution in [1.29, 1.82) is 0 Å². The SMILES string of the molecule is COCc1cnc2c(c1SCc1ccccc1Cl)c(=O)n(C)c(=O)n2C. The van der Waals surface area contributed by atoms with Crippen molar-refractivity contribution in [3.05, 3.63) is 67.4 Å². The predicted molar refractivity (Wildman–Crippen MR) is 104 cm³/mol. The van der Waals surface area contributed by atoms with Crippen molar-refractivity contribution in [1.82, 2.24) is 14.1 Å². The fourth-order valence-electron chi connectivity index (χ4n) is 2.73. The number of fused-ring (bicyclic) bond motifs is 1. The van der Waals surface area contributed by atoms with E-state index in [1.165, 1.54) is 23.4 Å². The minimum Gasteiger partial charge on any atom is -0.380 e. The van der Waals surface area contributed by atoms with Crippen LogP contribution in [0.1, 0.15) is 11.1 Å². The summed E-state index contributed by atoms with van der Waals surface area (Å²) in [6.45, 7) is 0.319. The Morgan fingerprint density at radius 3 is 2.58 bits per heavy atom. The summed E-state index contributed by atoms with van der Waals surface area (Å²) in [5, 5.41) is 1.09. The molecule has 0 radical (unpaired) electrons. The van der Waals surface area contributed by atoms with E-state index in [-0.39, 0.29) is 5.56 Å². The molecule has 0 aliphatic rings. The second-order valence-corrected chi connectivity index (χ2v) is 7.22. The lowest BCUT2D eigenvalue weighted by molar-refractivity contribution is 0.183. The number of benzene rings is 1. The van der Waals surface area contributed by atoms with E-state index in [1.807, 2.05) is 24.3 Å². The van der Waals surface area contributed by atoms with Crippen LogP contribution in [0.2, 0.25) is 5.02 Å². The van der Waals surface area contributed by atoms with E-state index in [2.05, 4.69) is 4.98 Å². The maximum absolute atomic E-state index is 12.8. The highest BCUT2D eigenvalue weighted by molar-refractivity contribution is 7.98. The highest BCUT2D eigenvalue weighted by atomic mass is 35.5. The van der Waals surface area contributed by atoms with Gasteiger partial charge in [-0.1, -0.05) is 29.8 Å². The van der Waals surface area contributed by atoms with Crippen molar-refractivity contribution < 1.29 is 4.74 Å². The van der Waals surface area contributed by atoms with Crippen LogP contribution in [0.15, 0.2) is 44.9 Å². The number of hydrogen-bond acceptors (Lipinski definition) is 5. The van der Waals surface area contributed by atoms with Gasteiger partial charge in [-0.25, -0.2) is 9.78 Å². The number of pyridine rings is 1. The number of hydrogen-bond donors (Lipinski definition) is 0. The third-order valence-electron chi connectivity index (χ3n) is 4.12. The number of aryl methyl sites for hydroxylation is 1. The number of aromatic nitrogens is 3. The molecule has 3 aromatic rings. The number of methoxy groups -OCH3 is 1. The zero-order valence-corrected chi connectivity index (χ0v) is 16.2. The largest absolute Gasteiger partial charge is 0.380 e. The third-order valence-corrected chi connectivity index (χ3v) is 5.70. The molecule has 0 bridgehead atoms. The molecule has 0 amide bonds. The molecule has 0 saturated carbocycles. The van der Waals surface area contributed by atoms with Crippen LogP contribution >= 0.6 is 23.4 Å². The first-order valence-electron chi connectivity index (χ1n) is 7.88. The van der Waals surface area contributed by atoms with Gasteiger partial charge in [0, 0.05) is 48.6 Å². The normalized spacial score (nSPS) is 11.2. The van der Waals surface area contributed by atoms with Gasteiger partial charge in [-0.05, 0) is 11.6 Å². The van der Waals surface area contributed by atoms with Gasteiger partial charge in [-0.3, -0.25) is 13.9 Å². The minimum absolute atomic E-state index is 0.319. The Kier molecular flexibility index (Phi) is 5.50. The molecule has 136 valence electrons. The van der Waals surface area contributed by atoms with Crippen molar-refractivity contribution in [3.63, 3.8) is 0 Å². The van der Waals surface area contributed by atoms with Crippen LogP contribution in [-0.4, -0.2) is 21.2 Å². The second kappa shape index (κ2) is 7.65. The Morgan fingerprint density at radius 2 is 1.88 bits per heavy atom. The average molecular weight is 392 g/mol. The van der Waals surface area contributed by atoms with E-state index in [0.29, 0.717) is 28.4 Å². The van der Waals surface area contributed by atoms with Crippen molar-refractivity contribution in [2.24, 2.45) is 14.1 Å². The second-order valence-electron chi connectivity index (χ2n) is 5.83. The molecule has 26 heavy (non-hydrogen) atoms. The van der Waals surface area contributed by atoms with E-state index < -0.39 is 5.69 Å². The molecule has 0 aliphatic heterocycles. The van der Waals surface area contributed by atoms with Gasteiger partial charge in [0.05, 0.1) is 12.0 Å². The minimum atomic E-state index is -0.406. The van der Waals surface area contributed by atoms with E-state index in [0.717, 1.165) is 20.6 Å². The number of thioether (sulfide) groups is 1. The van der Waals surface area contributed by atoms with Crippen LogP contribution < -0.4 is 11.2 Å². The molecule has 0 spiro atoms. The summed E-state index contributed by atoms with van der Waals surface area (Å²) < 4.78 is 7.74. The van der Waals surface area contributed by atoms with Gasteiger partial charge < -0.3 is 4.74 Å². The molecular weight excluding hydrogens is 374 g/mol. The zero-order valence-electron chi connectivity index (χ0n) is 14.7. The molecule has 0 atom stereocenters. The Labute approximate surface area is 159 Å². The van der Waals surface area contributed by atoms with Crippen LogP contribution in [0.5, 0.6) is 0 Å². The standard InChI is InChI=1S/C18H18ClN3O3S/c1-21-16-14(17(23)22(2)18(21)24)15(12(8-20-16)9-25-3)26-10-11-6-4-5-7-13(11)19/h4-8H,9-10H2,1-3H3. The molecule has 2 aromatic heterocycles. The Bertz CT molecular complexity index is 1090. The van der Waals surface area contributed by atoms with E-state index in [9.17, 15) is 9.59 Å². The summed E-state index contributed by atoms with van der Waals surface area (Å²) in [5.41, 5.74) is 1.35. The van der Waals surface area contributed by atoms with Crippen molar-refractivity contribution in [2.75, 3.05) is 7.11 Å². The lowest BCUT2D eigenvalue weighted by atomic mass is 10.2. The molecule has 2 heterocycles. The first kappa shape index (κ1) is 18.7. The molecular formula is C18H18ClN3O3S. The van der Waals surface area contributed by atoms with E-state index in [1.54, 1.807) is 20.4 Å². The first-order valence-corrected chi connectivity index (χ1v) is 9.24. The van der Waals surface area contributed by atoms with Crippen molar-refractivity contribution in [2.45, 2.75) is 17.3 Å². The monoisotopic (exact) mass is 391 g/mol. The Balaban J connectivity index is 2.20. The fraction of sp³-hybridized carbons (Fsp3) is 0.278. The van der Waals surface area contributed by atoms with Gasteiger partial charge in [0.2, 0.25) is 0 Å². The highest BCUT2D eigenvalue weighted by Crippen LogP contribution is 2.32. The van der Waals surface area contributed by atoms with E-state index in [4.69, 9.17) is 16.3 Å². The Hall–Kier alpha value is -2.09. The van der Waals surface area contributed by atoms with Gasteiger partial charge in [-0.15, -0.1) is 11.8 Å². The quantitative estimate of drug-likeness (QED) is 0.625. The average Bonchev–Trinajstić information content (AvgIpc) is 2.64. The summed E-state index contributed by atoms with van der Waals surface area (Å²) in [6, 6.07) is 7.58. The van der Waals surface area contributed by atoms with Crippen LogP contribution in [0.3, 0.4) is 0 Å². The molecule has 0 aliphatic carbocycles. The molecule has 1 aromatic carbocycles. The number of ether oxygens (including phenoxy) is 1. The fourth-order valence-corrected chi connectivity index (χ4v) is 4.18. The predicted octanol–water partition coefficient (Wildman–Crippen LogP) is 2.72. The third kappa shape index (κ3) is 3.30. The molecule has 3 rings (SSSR count). The lowest BCUT2D eigenvalue weighted by Crippen LogP contribution is -2.37. The topological polar surface area (TPSA) is 66.1 Å². The summed E-state index contributed by atoms with van der Waals surface area (Å²) >= 11 is 7.74. The van der Waals surface area contributed by atoms with Gasteiger partial charge in [-0.2, -0.15) is 0 Å². The first-order chi connectivity index (χ1) is 12.5. The molecule has 8 heteroatoms. The van der Waals surface area contributed by atoms with Gasteiger partial charge in [0.1, 0.15) is 5.65 Å². The summed E-state index contributed by atoms with van der Waals surface area (Å²) in [6.07, 6.45) is 1.65. The summed E-state index contributed by atoms with van der Waals surface area (Å²) in [7, 11) is 4.66. The van der Waals surface area contributed by atoms with Gasteiger partial charge in [0.25, 0.3) is 5.56 Å². The van der Waals surface area contributed by atoms with Crippen LogP contribution in [0, 0.1) is 0 Å². The van der Waals surface area contributed by atoms with Crippen molar-refractivity contribution in [3.8, 4) is 0 Å². The summed E-state index contributed by atoms with van der Waals surface area (Å²) in [4.78, 5) is 30.1. The van der Waals surface area contributed by atoms with Crippen LogP contribution in [0.25, 0.3) is 11.0 Å². The van der Waals surface area contributed by atoms with Gasteiger partial charge in [0.15, 0.2) is 0 Å². The molecule has 0 unspecified atom stereocenters. The van der Waals surface area contributed by atoms with E-state index >= 15 is 0 Å². The van der Waals surface area contributed by atoms with Crippen LogP contribution in [-0.2, 0) is 31.2 Å². The van der Waals surface area contributed by atoms with Gasteiger partial charge >= 0.3 is 5.69 Å². The highest BCUT2D eigenvalue weighted by Gasteiger charge is 2.18. The molecule has 6 nitrogen and oxygen atoms in total. The molecule has 0 N–H and O–H groups in total. The molecule has 0 fully saturated rings. The Morgan fingerprint density at radius 1 is 1.15 bits per heavy atom. The maximum atomic E-state index is 12.8. The number of halogens is 1. The van der Waals surface area contributed by atoms with Crippen LogP contribution in [0.4, 0.5) is 0 Å². The maximum Gasteiger partial charge on any atom is 0.332 e. The molecule has 0 saturated heterocycles. The smallest absolute Gasteiger partial charge is 0.332 e. The zero-order chi connectivity index (χ0) is 18.8. The number of nitrogens with zero attached hydrogens (tertiary/aromatic N) is 3.